The van der Waals surface area contributed by atoms with E-state index in [-0.39, 0.29) is 5.69 Å². The molecule has 2 aromatic rings. The van der Waals surface area contributed by atoms with Gasteiger partial charge in [0.15, 0.2) is 5.16 Å². The molecule has 0 unspecified atom stereocenters. The molecule has 0 atom stereocenters. The van der Waals surface area contributed by atoms with Crippen LogP contribution in [0.15, 0.2) is 33.0 Å². The summed E-state index contributed by atoms with van der Waals surface area (Å²) in [6, 6.07) is 5.53. The molecule has 7 heteroatoms. The summed E-state index contributed by atoms with van der Waals surface area (Å²) in [6.45, 7) is 3.07. The predicted molar refractivity (Wildman–Crippen MR) is 76.6 cm³/mol. The van der Waals surface area contributed by atoms with Crippen LogP contribution in [-0.4, -0.2) is 14.8 Å². The Kier molecular flexibility index (Phi) is 4.68. The highest BCUT2D eigenvalue weighted by Crippen LogP contribution is 2.30. The Morgan fingerprint density at radius 3 is 3.00 bits per heavy atom. The maximum atomic E-state index is 11.6. The highest BCUT2D eigenvalue weighted by atomic mass is 35.5. The molecule has 2 rings (SSSR count). The smallest absolute Gasteiger partial charge is 0.326 e. The summed E-state index contributed by atoms with van der Waals surface area (Å²) in [5.74, 6) is 0. The van der Waals surface area contributed by atoms with E-state index >= 15 is 0 Å². The van der Waals surface area contributed by atoms with E-state index in [9.17, 15) is 4.79 Å². The molecule has 5 nitrogen and oxygen atoms in total. The van der Waals surface area contributed by atoms with Gasteiger partial charge in [-0.05, 0) is 35.9 Å². The first-order chi connectivity index (χ1) is 9.15. The van der Waals surface area contributed by atoms with Crippen LogP contribution in [0.5, 0.6) is 0 Å². The zero-order valence-electron chi connectivity index (χ0n) is 10.5. The van der Waals surface area contributed by atoms with Crippen molar-refractivity contribution in [3.8, 4) is 0 Å². The predicted octanol–water partition coefficient (Wildman–Crippen LogP) is 2.24. The van der Waals surface area contributed by atoms with Crippen molar-refractivity contribution in [1.82, 2.24) is 14.8 Å². The van der Waals surface area contributed by atoms with Crippen LogP contribution in [0.4, 0.5) is 0 Å². The van der Waals surface area contributed by atoms with Crippen molar-refractivity contribution < 1.29 is 0 Å². The van der Waals surface area contributed by atoms with Gasteiger partial charge >= 0.3 is 5.69 Å². The normalized spacial score (nSPS) is 10.9. The van der Waals surface area contributed by atoms with Gasteiger partial charge in [0.1, 0.15) is 0 Å². The van der Waals surface area contributed by atoms with Gasteiger partial charge < -0.3 is 5.73 Å². The fourth-order valence-electron chi connectivity index (χ4n) is 1.69. The van der Waals surface area contributed by atoms with Crippen molar-refractivity contribution in [1.29, 1.82) is 0 Å². The van der Waals surface area contributed by atoms with E-state index in [1.807, 2.05) is 19.1 Å². The minimum absolute atomic E-state index is 0.194. The number of nitrogens with two attached hydrogens (primary N) is 1. The van der Waals surface area contributed by atoms with E-state index < -0.39 is 0 Å². The number of halogens is 1. The van der Waals surface area contributed by atoms with Gasteiger partial charge in [-0.25, -0.2) is 9.89 Å². The van der Waals surface area contributed by atoms with Crippen LogP contribution in [0.2, 0.25) is 5.02 Å². The number of nitrogens with one attached hydrogen (secondary N) is 1. The molecule has 0 amide bonds. The van der Waals surface area contributed by atoms with Crippen LogP contribution < -0.4 is 11.4 Å². The van der Waals surface area contributed by atoms with Crippen LogP contribution in [0.1, 0.15) is 18.9 Å². The first-order valence-corrected chi connectivity index (χ1v) is 7.16. The average molecular weight is 299 g/mol. The van der Waals surface area contributed by atoms with Crippen molar-refractivity contribution >= 4 is 23.4 Å². The number of rotatable bonds is 5. The van der Waals surface area contributed by atoms with Gasteiger partial charge in [0.2, 0.25) is 0 Å². The molecule has 0 aliphatic carbocycles. The van der Waals surface area contributed by atoms with Crippen molar-refractivity contribution in [3.63, 3.8) is 0 Å². The first-order valence-electron chi connectivity index (χ1n) is 5.97. The monoisotopic (exact) mass is 298 g/mol. The lowest BCUT2D eigenvalue weighted by molar-refractivity contribution is 0.604. The first kappa shape index (κ1) is 14.2. The summed E-state index contributed by atoms with van der Waals surface area (Å²) >= 11 is 7.39. The minimum atomic E-state index is -0.194. The number of benzene rings is 1. The number of aromatic amines is 1. The van der Waals surface area contributed by atoms with Gasteiger partial charge in [-0.3, -0.25) is 4.57 Å². The molecular weight excluding hydrogens is 284 g/mol. The number of nitrogens with zero attached hydrogens (tertiary/aromatic N) is 2. The molecule has 0 fully saturated rings. The van der Waals surface area contributed by atoms with Crippen LogP contribution in [0.25, 0.3) is 0 Å². The number of H-pyrrole nitrogens is 1. The van der Waals surface area contributed by atoms with E-state index in [0.29, 0.717) is 23.3 Å². The maximum Gasteiger partial charge on any atom is 0.343 e. The van der Waals surface area contributed by atoms with Gasteiger partial charge in [-0.1, -0.05) is 24.6 Å². The quantitative estimate of drug-likeness (QED) is 0.887. The van der Waals surface area contributed by atoms with Gasteiger partial charge in [-0.15, -0.1) is 5.10 Å². The Morgan fingerprint density at radius 1 is 1.53 bits per heavy atom. The Labute approximate surface area is 120 Å². The molecule has 1 aromatic carbocycles. The molecule has 102 valence electrons. The highest BCUT2D eigenvalue weighted by molar-refractivity contribution is 7.99. The van der Waals surface area contributed by atoms with Crippen LogP contribution in [0.3, 0.4) is 0 Å². The topological polar surface area (TPSA) is 76.7 Å². The summed E-state index contributed by atoms with van der Waals surface area (Å²) in [5, 5.41) is 7.77. The van der Waals surface area contributed by atoms with E-state index in [0.717, 1.165) is 16.9 Å². The Morgan fingerprint density at radius 2 is 2.32 bits per heavy atom. The van der Waals surface area contributed by atoms with Crippen LogP contribution in [0, 0.1) is 0 Å². The van der Waals surface area contributed by atoms with Crippen molar-refractivity contribution in [2.75, 3.05) is 0 Å². The molecule has 0 saturated heterocycles. The second kappa shape index (κ2) is 6.27. The number of hydrogen-bond donors (Lipinski definition) is 2. The fraction of sp³-hybridized carbons (Fsp3) is 0.333. The van der Waals surface area contributed by atoms with Gasteiger partial charge in [-0.2, -0.15) is 0 Å². The Hall–Kier alpha value is -1.24. The second-order valence-corrected chi connectivity index (χ2v) is 5.47. The van der Waals surface area contributed by atoms with Crippen LogP contribution >= 0.6 is 23.4 Å². The molecular formula is C12H15ClN4OS. The third-order valence-electron chi connectivity index (χ3n) is 2.62. The third-order valence-corrected chi connectivity index (χ3v) is 3.95. The molecule has 0 spiro atoms. The molecule has 1 aromatic heterocycles. The maximum absolute atomic E-state index is 11.6. The lowest BCUT2D eigenvalue weighted by Gasteiger charge is -2.08. The van der Waals surface area contributed by atoms with E-state index in [1.54, 1.807) is 10.6 Å². The Bertz CT molecular complexity index is 622. The van der Waals surface area contributed by atoms with Crippen LogP contribution in [-0.2, 0) is 13.1 Å². The zero-order chi connectivity index (χ0) is 13.8. The SMILES string of the molecule is CCCn1c(Sc2cc(Cl)ccc2CN)n[nH]c1=O. The van der Waals surface area contributed by atoms with E-state index in [1.165, 1.54) is 11.8 Å². The largest absolute Gasteiger partial charge is 0.343 e. The standard InChI is InChI=1S/C12H15ClN4OS/c1-2-5-17-11(18)15-16-12(17)19-10-6-9(13)4-3-8(10)7-14/h3-4,6H,2,5,7,14H2,1H3,(H,15,18). The minimum Gasteiger partial charge on any atom is -0.326 e. The van der Waals surface area contributed by atoms with Crippen molar-refractivity contribution in [3.05, 3.63) is 39.3 Å². The molecule has 0 saturated carbocycles. The van der Waals surface area contributed by atoms with Gasteiger partial charge in [0.25, 0.3) is 0 Å². The molecule has 0 radical (unpaired) electrons. The fourth-order valence-corrected chi connectivity index (χ4v) is 2.97. The molecule has 19 heavy (non-hydrogen) atoms. The van der Waals surface area contributed by atoms with Crippen molar-refractivity contribution in [2.45, 2.75) is 36.5 Å². The summed E-state index contributed by atoms with van der Waals surface area (Å²) < 4.78 is 1.62. The summed E-state index contributed by atoms with van der Waals surface area (Å²) in [7, 11) is 0. The summed E-state index contributed by atoms with van der Waals surface area (Å²) in [4.78, 5) is 12.5. The molecule has 3 N–H and O–H groups in total. The van der Waals surface area contributed by atoms with E-state index in [2.05, 4.69) is 10.2 Å². The third kappa shape index (κ3) is 3.20. The molecule has 1 heterocycles. The van der Waals surface area contributed by atoms with Crippen molar-refractivity contribution in [2.24, 2.45) is 5.73 Å². The van der Waals surface area contributed by atoms with Gasteiger partial charge in [0.05, 0.1) is 0 Å². The molecule has 0 aliphatic rings. The average Bonchev–Trinajstić information content (AvgIpc) is 2.72. The Balaban J connectivity index is 2.35. The molecule has 0 bridgehead atoms. The van der Waals surface area contributed by atoms with E-state index in [4.69, 9.17) is 17.3 Å². The van der Waals surface area contributed by atoms with Gasteiger partial charge in [0, 0.05) is 23.0 Å². The lowest BCUT2D eigenvalue weighted by atomic mass is 10.2. The highest BCUT2D eigenvalue weighted by Gasteiger charge is 2.11. The zero-order valence-corrected chi connectivity index (χ0v) is 12.1. The number of aromatic nitrogens is 3. The summed E-state index contributed by atoms with van der Waals surface area (Å²) in [5.41, 5.74) is 6.49. The molecule has 0 aliphatic heterocycles. The lowest BCUT2D eigenvalue weighted by Crippen LogP contribution is -2.17. The number of hydrogen-bond acceptors (Lipinski definition) is 4. The summed E-state index contributed by atoms with van der Waals surface area (Å²) in [6.07, 6.45) is 0.867. The second-order valence-electron chi connectivity index (χ2n) is 4.02.